The molecule has 3 N–H and O–H groups in total. The first-order chi connectivity index (χ1) is 8.20. The maximum atomic E-state index is 10.8. The van der Waals surface area contributed by atoms with E-state index in [-0.39, 0.29) is 11.8 Å². The summed E-state index contributed by atoms with van der Waals surface area (Å²) < 4.78 is 5.48. The van der Waals surface area contributed by atoms with Crippen molar-refractivity contribution in [2.75, 3.05) is 19.7 Å². The molecule has 4 nitrogen and oxygen atoms in total. The summed E-state index contributed by atoms with van der Waals surface area (Å²) in [5.41, 5.74) is 6.31. The van der Waals surface area contributed by atoms with E-state index in [9.17, 15) is 4.79 Å². The molecule has 0 radical (unpaired) electrons. The minimum atomic E-state index is -0.275. The lowest BCUT2D eigenvalue weighted by Gasteiger charge is -2.09. The fourth-order valence-corrected chi connectivity index (χ4v) is 1.33. The van der Waals surface area contributed by atoms with Crippen molar-refractivity contribution in [3.8, 4) is 0 Å². The van der Waals surface area contributed by atoms with E-state index in [0.717, 1.165) is 12.1 Å². The van der Waals surface area contributed by atoms with Crippen LogP contribution in [0.1, 0.15) is 12.5 Å². The summed E-state index contributed by atoms with van der Waals surface area (Å²) in [6.07, 6.45) is 0. The Hall–Kier alpha value is -1.39. The molecule has 1 aromatic carbocycles. The number of primary amides is 1. The first kappa shape index (κ1) is 13.7. The van der Waals surface area contributed by atoms with Gasteiger partial charge in [0.05, 0.1) is 13.2 Å². The highest BCUT2D eigenvalue weighted by Gasteiger charge is 2.06. The summed E-state index contributed by atoms with van der Waals surface area (Å²) in [6.45, 7) is 4.38. The molecule has 17 heavy (non-hydrogen) atoms. The van der Waals surface area contributed by atoms with Gasteiger partial charge in [0.25, 0.3) is 0 Å². The zero-order valence-corrected chi connectivity index (χ0v) is 10.2. The molecule has 4 heteroatoms. The van der Waals surface area contributed by atoms with Gasteiger partial charge < -0.3 is 15.8 Å². The van der Waals surface area contributed by atoms with E-state index in [2.05, 4.69) is 5.32 Å². The maximum absolute atomic E-state index is 10.8. The van der Waals surface area contributed by atoms with Gasteiger partial charge in [0.15, 0.2) is 0 Å². The van der Waals surface area contributed by atoms with Gasteiger partial charge in [-0.3, -0.25) is 4.79 Å². The van der Waals surface area contributed by atoms with Crippen molar-refractivity contribution in [3.63, 3.8) is 0 Å². The van der Waals surface area contributed by atoms with Crippen LogP contribution in [0.25, 0.3) is 0 Å². The highest BCUT2D eigenvalue weighted by atomic mass is 16.5. The van der Waals surface area contributed by atoms with E-state index in [1.165, 1.54) is 0 Å². The van der Waals surface area contributed by atoms with E-state index in [1.807, 2.05) is 30.3 Å². The molecule has 0 aliphatic rings. The standard InChI is InChI=1S/C13H20N2O2/c1-11(13(14)16)9-15-7-8-17-10-12-5-3-2-4-6-12/h2-6,11,15H,7-10H2,1H3,(H2,14,16). The van der Waals surface area contributed by atoms with Crippen LogP contribution in [0.2, 0.25) is 0 Å². The Balaban J connectivity index is 2.00. The zero-order chi connectivity index (χ0) is 12.5. The van der Waals surface area contributed by atoms with E-state index in [4.69, 9.17) is 10.5 Å². The Labute approximate surface area is 102 Å². The van der Waals surface area contributed by atoms with Crippen molar-refractivity contribution in [1.82, 2.24) is 5.32 Å². The lowest BCUT2D eigenvalue weighted by Crippen LogP contribution is -2.32. The number of carbonyl (C=O) groups is 1. The van der Waals surface area contributed by atoms with Gasteiger partial charge in [-0.1, -0.05) is 37.3 Å². The number of benzene rings is 1. The van der Waals surface area contributed by atoms with Crippen LogP contribution in [-0.2, 0) is 16.1 Å². The van der Waals surface area contributed by atoms with Crippen LogP contribution < -0.4 is 11.1 Å². The van der Waals surface area contributed by atoms with Crippen LogP contribution in [0.4, 0.5) is 0 Å². The van der Waals surface area contributed by atoms with E-state index < -0.39 is 0 Å². The third-order valence-electron chi connectivity index (χ3n) is 2.47. The predicted molar refractivity (Wildman–Crippen MR) is 67.3 cm³/mol. The third kappa shape index (κ3) is 6.04. The molecule has 0 saturated carbocycles. The van der Waals surface area contributed by atoms with Crippen molar-refractivity contribution < 1.29 is 9.53 Å². The molecule has 0 aromatic heterocycles. The van der Waals surface area contributed by atoms with Gasteiger partial charge in [0.1, 0.15) is 0 Å². The van der Waals surface area contributed by atoms with Crippen molar-refractivity contribution >= 4 is 5.91 Å². The van der Waals surface area contributed by atoms with Crippen LogP contribution in [0.5, 0.6) is 0 Å². The van der Waals surface area contributed by atoms with E-state index in [1.54, 1.807) is 6.92 Å². The van der Waals surface area contributed by atoms with Gasteiger partial charge in [-0.15, -0.1) is 0 Å². The maximum Gasteiger partial charge on any atom is 0.221 e. The lowest BCUT2D eigenvalue weighted by atomic mass is 10.2. The fraction of sp³-hybridized carbons (Fsp3) is 0.462. The molecule has 1 amide bonds. The first-order valence-electron chi connectivity index (χ1n) is 5.82. The number of carbonyl (C=O) groups excluding carboxylic acids is 1. The molecule has 1 atom stereocenters. The van der Waals surface area contributed by atoms with Crippen LogP contribution in [0.3, 0.4) is 0 Å². The highest BCUT2D eigenvalue weighted by Crippen LogP contribution is 1.99. The van der Waals surface area contributed by atoms with Gasteiger partial charge >= 0.3 is 0 Å². The van der Waals surface area contributed by atoms with Crippen molar-refractivity contribution in [2.45, 2.75) is 13.5 Å². The first-order valence-corrected chi connectivity index (χ1v) is 5.82. The summed E-state index contributed by atoms with van der Waals surface area (Å²) in [5, 5.41) is 3.13. The average Bonchev–Trinajstić information content (AvgIpc) is 2.34. The van der Waals surface area contributed by atoms with Gasteiger partial charge in [-0.05, 0) is 5.56 Å². The second kappa shape index (κ2) is 7.81. The minimum Gasteiger partial charge on any atom is -0.375 e. The Morgan fingerprint density at radius 1 is 1.41 bits per heavy atom. The van der Waals surface area contributed by atoms with E-state index >= 15 is 0 Å². The molecule has 1 aromatic rings. The van der Waals surface area contributed by atoms with Crippen molar-refractivity contribution in [3.05, 3.63) is 35.9 Å². The monoisotopic (exact) mass is 236 g/mol. The Morgan fingerprint density at radius 3 is 2.76 bits per heavy atom. The zero-order valence-electron chi connectivity index (χ0n) is 10.2. The molecule has 0 aliphatic carbocycles. The molecule has 0 spiro atoms. The molecule has 94 valence electrons. The molecule has 0 heterocycles. The Bertz CT molecular complexity index is 327. The van der Waals surface area contributed by atoms with Gasteiger partial charge in [-0.25, -0.2) is 0 Å². The van der Waals surface area contributed by atoms with Crippen LogP contribution in [0.15, 0.2) is 30.3 Å². The second-order valence-electron chi connectivity index (χ2n) is 4.05. The highest BCUT2D eigenvalue weighted by molar-refractivity contribution is 5.76. The smallest absolute Gasteiger partial charge is 0.221 e. The van der Waals surface area contributed by atoms with Crippen LogP contribution in [-0.4, -0.2) is 25.6 Å². The third-order valence-corrected chi connectivity index (χ3v) is 2.47. The number of hydrogen-bond donors (Lipinski definition) is 2. The molecular formula is C13H20N2O2. The normalized spacial score (nSPS) is 12.3. The summed E-state index contributed by atoms with van der Waals surface area (Å²) >= 11 is 0. The quantitative estimate of drug-likeness (QED) is 0.659. The van der Waals surface area contributed by atoms with Gasteiger partial charge in [0.2, 0.25) is 5.91 Å². The number of amides is 1. The molecule has 1 unspecified atom stereocenters. The number of nitrogens with two attached hydrogens (primary N) is 1. The summed E-state index contributed by atoms with van der Waals surface area (Å²) in [7, 11) is 0. The topological polar surface area (TPSA) is 64.3 Å². The Morgan fingerprint density at radius 2 is 2.12 bits per heavy atom. The number of rotatable bonds is 8. The molecule has 0 aliphatic heterocycles. The van der Waals surface area contributed by atoms with Crippen LogP contribution >= 0.6 is 0 Å². The number of hydrogen-bond acceptors (Lipinski definition) is 3. The summed E-state index contributed by atoms with van der Waals surface area (Å²) in [6, 6.07) is 10.0. The Kier molecular flexibility index (Phi) is 6.29. The minimum absolute atomic E-state index is 0.135. The molecule has 0 saturated heterocycles. The molecule has 0 bridgehead atoms. The number of nitrogens with one attached hydrogen (secondary N) is 1. The second-order valence-corrected chi connectivity index (χ2v) is 4.05. The van der Waals surface area contributed by atoms with Crippen molar-refractivity contribution in [1.29, 1.82) is 0 Å². The largest absolute Gasteiger partial charge is 0.375 e. The van der Waals surface area contributed by atoms with E-state index in [0.29, 0.717) is 19.8 Å². The summed E-state index contributed by atoms with van der Waals surface area (Å²) in [5.74, 6) is -0.410. The molecule has 0 fully saturated rings. The summed E-state index contributed by atoms with van der Waals surface area (Å²) in [4.78, 5) is 10.8. The number of ether oxygens (including phenoxy) is 1. The van der Waals surface area contributed by atoms with Crippen LogP contribution in [0, 0.1) is 5.92 Å². The van der Waals surface area contributed by atoms with Gasteiger partial charge in [-0.2, -0.15) is 0 Å². The van der Waals surface area contributed by atoms with Gasteiger partial charge in [0, 0.05) is 19.0 Å². The van der Waals surface area contributed by atoms with Crippen molar-refractivity contribution in [2.24, 2.45) is 11.7 Å². The average molecular weight is 236 g/mol. The molecule has 1 rings (SSSR count). The lowest BCUT2D eigenvalue weighted by molar-refractivity contribution is -0.121. The predicted octanol–water partition coefficient (Wildman–Crippen LogP) is 0.914. The fourth-order valence-electron chi connectivity index (χ4n) is 1.33. The SMILES string of the molecule is CC(CNCCOCc1ccccc1)C(N)=O. The molecular weight excluding hydrogens is 216 g/mol.